The first-order chi connectivity index (χ1) is 12.6. The molecule has 1 aromatic rings. The van der Waals surface area contributed by atoms with Gasteiger partial charge in [-0.25, -0.2) is 0 Å². The molecule has 0 aliphatic heterocycles. The van der Waals surface area contributed by atoms with Crippen LogP contribution in [0.3, 0.4) is 0 Å². The van der Waals surface area contributed by atoms with Gasteiger partial charge in [-0.05, 0) is 63.9 Å². The standard InChI is InChI=1S/C22H37NO3/c1-5-23(17-11-9-7-8-10-12-22(24)26-6-2)19(3)18-20-13-15-21(25-4)16-14-20/h13-16,19H,5-12,17-18H2,1-4H3. The normalized spacial score (nSPS) is 12.2. The van der Waals surface area contributed by atoms with Crippen molar-refractivity contribution < 1.29 is 14.3 Å². The average molecular weight is 364 g/mol. The molecule has 4 heteroatoms. The predicted octanol–water partition coefficient (Wildman–Crippen LogP) is 4.85. The Labute approximate surface area is 159 Å². The van der Waals surface area contributed by atoms with E-state index in [0.29, 0.717) is 19.1 Å². The Hall–Kier alpha value is -1.55. The van der Waals surface area contributed by atoms with Crippen LogP contribution in [-0.2, 0) is 16.0 Å². The number of benzene rings is 1. The van der Waals surface area contributed by atoms with E-state index >= 15 is 0 Å². The molecule has 0 radical (unpaired) electrons. The highest BCUT2D eigenvalue weighted by atomic mass is 16.5. The number of likely N-dealkylation sites (N-methyl/N-ethyl adjacent to an activating group) is 1. The van der Waals surface area contributed by atoms with E-state index in [2.05, 4.69) is 30.9 Å². The van der Waals surface area contributed by atoms with E-state index in [9.17, 15) is 4.79 Å². The van der Waals surface area contributed by atoms with Crippen LogP contribution < -0.4 is 4.74 Å². The molecule has 1 unspecified atom stereocenters. The van der Waals surface area contributed by atoms with Crippen LogP contribution in [-0.4, -0.2) is 43.7 Å². The maximum absolute atomic E-state index is 11.3. The fourth-order valence-corrected chi connectivity index (χ4v) is 3.27. The molecule has 0 N–H and O–H groups in total. The largest absolute Gasteiger partial charge is 0.497 e. The second-order valence-corrected chi connectivity index (χ2v) is 6.85. The first-order valence-electron chi connectivity index (χ1n) is 10.1. The van der Waals surface area contributed by atoms with Crippen molar-refractivity contribution in [1.29, 1.82) is 0 Å². The number of hydrogen-bond donors (Lipinski definition) is 0. The van der Waals surface area contributed by atoms with Gasteiger partial charge in [-0.1, -0.05) is 38.3 Å². The number of ether oxygens (including phenoxy) is 2. The first kappa shape index (κ1) is 22.5. The number of esters is 1. The van der Waals surface area contributed by atoms with Gasteiger partial charge in [0.15, 0.2) is 0 Å². The number of carbonyl (C=O) groups is 1. The van der Waals surface area contributed by atoms with Gasteiger partial charge in [0, 0.05) is 12.5 Å². The van der Waals surface area contributed by atoms with E-state index in [4.69, 9.17) is 9.47 Å². The minimum Gasteiger partial charge on any atom is -0.497 e. The van der Waals surface area contributed by atoms with Crippen molar-refractivity contribution in [3.8, 4) is 5.75 Å². The molecule has 0 saturated heterocycles. The molecule has 0 amide bonds. The summed E-state index contributed by atoms with van der Waals surface area (Å²) in [7, 11) is 1.70. The average Bonchev–Trinajstić information content (AvgIpc) is 2.64. The molecular weight excluding hydrogens is 326 g/mol. The van der Waals surface area contributed by atoms with E-state index < -0.39 is 0 Å². The summed E-state index contributed by atoms with van der Waals surface area (Å²) in [5, 5.41) is 0. The maximum Gasteiger partial charge on any atom is 0.305 e. The van der Waals surface area contributed by atoms with Gasteiger partial charge in [-0.3, -0.25) is 4.79 Å². The second kappa shape index (κ2) is 13.6. The summed E-state index contributed by atoms with van der Waals surface area (Å²) in [5.74, 6) is 0.855. The van der Waals surface area contributed by atoms with Crippen molar-refractivity contribution >= 4 is 5.97 Å². The summed E-state index contributed by atoms with van der Waals surface area (Å²) in [6.07, 6.45) is 7.35. The third kappa shape index (κ3) is 9.23. The van der Waals surface area contributed by atoms with Crippen LogP contribution >= 0.6 is 0 Å². The SMILES string of the molecule is CCOC(=O)CCCCCCCN(CC)C(C)Cc1ccc(OC)cc1. The van der Waals surface area contributed by atoms with Gasteiger partial charge < -0.3 is 14.4 Å². The maximum atomic E-state index is 11.3. The quantitative estimate of drug-likeness (QED) is 0.350. The van der Waals surface area contributed by atoms with Crippen LogP contribution in [0.2, 0.25) is 0 Å². The molecule has 1 rings (SSSR count). The third-order valence-electron chi connectivity index (χ3n) is 4.85. The van der Waals surface area contributed by atoms with Crippen molar-refractivity contribution in [1.82, 2.24) is 4.90 Å². The summed E-state index contributed by atoms with van der Waals surface area (Å²) in [6.45, 7) is 9.12. The molecule has 0 saturated carbocycles. The van der Waals surface area contributed by atoms with Crippen LogP contribution in [0.15, 0.2) is 24.3 Å². The highest BCUT2D eigenvalue weighted by molar-refractivity contribution is 5.69. The third-order valence-corrected chi connectivity index (χ3v) is 4.85. The van der Waals surface area contributed by atoms with Crippen molar-refractivity contribution in [2.24, 2.45) is 0 Å². The minimum absolute atomic E-state index is 0.0583. The molecular formula is C22H37NO3. The van der Waals surface area contributed by atoms with Gasteiger partial charge in [-0.15, -0.1) is 0 Å². The van der Waals surface area contributed by atoms with E-state index in [-0.39, 0.29) is 5.97 Å². The number of unbranched alkanes of at least 4 members (excludes halogenated alkanes) is 4. The van der Waals surface area contributed by atoms with Crippen LogP contribution in [0, 0.1) is 0 Å². The molecule has 0 aromatic heterocycles. The van der Waals surface area contributed by atoms with Crippen LogP contribution in [0.25, 0.3) is 0 Å². The Morgan fingerprint density at radius 1 is 1.04 bits per heavy atom. The van der Waals surface area contributed by atoms with Gasteiger partial charge in [0.25, 0.3) is 0 Å². The summed E-state index contributed by atoms with van der Waals surface area (Å²) >= 11 is 0. The lowest BCUT2D eigenvalue weighted by atomic mass is 10.0. The van der Waals surface area contributed by atoms with Crippen molar-refractivity contribution in [3.63, 3.8) is 0 Å². The summed E-state index contributed by atoms with van der Waals surface area (Å²) in [5.41, 5.74) is 1.36. The Bertz CT molecular complexity index is 487. The van der Waals surface area contributed by atoms with Crippen LogP contribution in [0.1, 0.15) is 64.9 Å². The first-order valence-corrected chi connectivity index (χ1v) is 10.1. The lowest BCUT2D eigenvalue weighted by Crippen LogP contribution is -2.35. The van der Waals surface area contributed by atoms with E-state index in [1.165, 1.54) is 24.8 Å². The van der Waals surface area contributed by atoms with Crippen molar-refractivity contribution in [2.45, 2.75) is 71.8 Å². The zero-order valence-corrected chi connectivity index (χ0v) is 17.1. The molecule has 148 valence electrons. The van der Waals surface area contributed by atoms with E-state index in [1.54, 1.807) is 7.11 Å². The molecule has 0 spiro atoms. The summed E-state index contributed by atoms with van der Waals surface area (Å²) in [6, 6.07) is 8.93. The number of nitrogens with zero attached hydrogens (tertiary/aromatic N) is 1. The van der Waals surface area contributed by atoms with Gasteiger partial charge in [0.2, 0.25) is 0 Å². The van der Waals surface area contributed by atoms with E-state index in [1.807, 2.05) is 19.1 Å². The monoisotopic (exact) mass is 363 g/mol. The molecule has 1 atom stereocenters. The van der Waals surface area contributed by atoms with Crippen molar-refractivity contribution in [3.05, 3.63) is 29.8 Å². The Morgan fingerprint density at radius 2 is 1.69 bits per heavy atom. The number of hydrogen-bond acceptors (Lipinski definition) is 4. The number of carbonyl (C=O) groups excluding carboxylic acids is 1. The lowest BCUT2D eigenvalue weighted by Gasteiger charge is -2.28. The van der Waals surface area contributed by atoms with Crippen molar-refractivity contribution in [2.75, 3.05) is 26.8 Å². The smallest absolute Gasteiger partial charge is 0.305 e. The molecule has 0 aliphatic rings. The fourth-order valence-electron chi connectivity index (χ4n) is 3.27. The van der Waals surface area contributed by atoms with E-state index in [0.717, 1.165) is 38.1 Å². The topological polar surface area (TPSA) is 38.8 Å². The summed E-state index contributed by atoms with van der Waals surface area (Å²) < 4.78 is 10.2. The Morgan fingerprint density at radius 3 is 2.31 bits per heavy atom. The molecule has 0 bridgehead atoms. The zero-order chi connectivity index (χ0) is 19.2. The molecule has 0 aliphatic carbocycles. The molecule has 4 nitrogen and oxygen atoms in total. The number of methoxy groups -OCH3 is 1. The zero-order valence-electron chi connectivity index (χ0n) is 17.1. The van der Waals surface area contributed by atoms with Crippen LogP contribution in [0.4, 0.5) is 0 Å². The minimum atomic E-state index is -0.0583. The Kier molecular flexibility index (Phi) is 11.8. The predicted molar refractivity (Wildman–Crippen MR) is 108 cm³/mol. The molecule has 0 heterocycles. The highest BCUT2D eigenvalue weighted by Gasteiger charge is 2.12. The molecule has 0 fully saturated rings. The van der Waals surface area contributed by atoms with Gasteiger partial charge in [-0.2, -0.15) is 0 Å². The highest BCUT2D eigenvalue weighted by Crippen LogP contribution is 2.15. The number of rotatable bonds is 14. The van der Waals surface area contributed by atoms with Gasteiger partial charge in [0.1, 0.15) is 5.75 Å². The van der Waals surface area contributed by atoms with Crippen LogP contribution in [0.5, 0.6) is 5.75 Å². The summed E-state index contributed by atoms with van der Waals surface area (Å²) in [4.78, 5) is 13.8. The fraction of sp³-hybridized carbons (Fsp3) is 0.682. The Balaban J connectivity index is 2.19. The van der Waals surface area contributed by atoms with Gasteiger partial charge in [0.05, 0.1) is 13.7 Å². The molecule has 26 heavy (non-hydrogen) atoms. The lowest BCUT2D eigenvalue weighted by molar-refractivity contribution is -0.143. The molecule has 1 aromatic carbocycles. The van der Waals surface area contributed by atoms with Gasteiger partial charge >= 0.3 is 5.97 Å². The second-order valence-electron chi connectivity index (χ2n) is 6.85.